The van der Waals surface area contributed by atoms with Crippen molar-refractivity contribution in [1.29, 1.82) is 0 Å². The third-order valence-electron chi connectivity index (χ3n) is 1.84. The summed E-state index contributed by atoms with van der Waals surface area (Å²) in [5, 5.41) is 8.34. The molecule has 0 aliphatic heterocycles. The molecule has 0 saturated heterocycles. The molecule has 74 valence electrons. The van der Waals surface area contributed by atoms with Crippen LogP contribution in [0.3, 0.4) is 0 Å². The first-order valence-corrected chi connectivity index (χ1v) is 4.24. The number of carboxylic acids is 1. The smallest absolute Gasteiger partial charge is 0.327 e. The van der Waals surface area contributed by atoms with Gasteiger partial charge in [-0.25, -0.2) is 9.18 Å². The average Bonchev–Trinajstić information content (AvgIpc) is 2.10. The summed E-state index contributed by atoms with van der Waals surface area (Å²) in [6, 6.07) is 4.75. The topological polar surface area (TPSA) is 37.3 Å². The van der Waals surface area contributed by atoms with Crippen molar-refractivity contribution in [2.24, 2.45) is 0 Å². The van der Waals surface area contributed by atoms with Gasteiger partial charge < -0.3 is 5.11 Å². The van der Waals surface area contributed by atoms with Crippen molar-refractivity contribution in [3.63, 3.8) is 0 Å². The number of rotatable bonds is 3. The zero-order chi connectivity index (χ0) is 10.6. The summed E-state index contributed by atoms with van der Waals surface area (Å²) in [6.45, 7) is 1.68. The zero-order valence-electron chi connectivity index (χ0n) is 7.83. The molecule has 0 unspecified atom stereocenters. The molecular formula is C11H11FO2. The van der Waals surface area contributed by atoms with E-state index in [-0.39, 0.29) is 5.82 Å². The minimum atomic E-state index is -0.969. The van der Waals surface area contributed by atoms with Crippen LogP contribution >= 0.6 is 0 Å². The molecule has 1 aromatic rings. The first-order chi connectivity index (χ1) is 6.59. The Morgan fingerprint density at radius 1 is 1.57 bits per heavy atom. The van der Waals surface area contributed by atoms with Crippen LogP contribution in [-0.2, 0) is 11.2 Å². The Morgan fingerprint density at radius 3 is 2.86 bits per heavy atom. The Kier molecular flexibility index (Phi) is 3.40. The zero-order valence-corrected chi connectivity index (χ0v) is 7.83. The van der Waals surface area contributed by atoms with E-state index in [2.05, 4.69) is 0 Å². The lowest BCUT2D eigenvalue weighted by molar-refractivity contribution is -0.131. The van der Waals surface area contributed by atoms with Gasteiger partial charge in [-0.1, -0.05) is 18.2 Å². The second-order valence-corrected chi connectivity index (χ2v) is 3.03. The summed E-state index contributed by atoms with van der Waals surface area (Å²) in [7, 11) is 0. The van der Waals surface area contributed by atoms with Crippen molar-refractivity contribution in [2.45, 2.75) is 13.3 Å². The van der Waals surface area contributed by atoms with Gasteiger partial charge in [0.2, 0.25) is 0 Å². The fourth-order valence-corrected chi connectivity index (χ4v) is 1.13. The largest absolute Gasteiger partial charge is 0.478 e. The molecule has 0 aliphatic rings. The van der Waals surface area contributed by atoms with Gasteiger partial charge in [-0.05, 0) is 30.5 Å². The molecular weight excluding hydrogens is 183 g/mol. The van der Waals surface area contributed by atoms with Crippen molar-refractivity contribution >= 4 is 5.97 Å². The molecule has 0 spiro atoms. The second kappa shape index (κ2) is 4.56. The summed E-state index contributed by atoms with van der Waals surface area (Å²) < 4.78 is 12.8. The molecule has 14 heavy (non-hydrogen) atoms. The van der Waals surface area contributed by atoms with Crippen molar-refractivity contribution in [2.75, 3.05) is 0 Å². The highest BCUT2D eigenvalue weighted by molar-refractivity contribution is 5.79. The molecule has 0 saturated carbocycles. The van der Waals surface area contributed by atoms with Gasteiger partial charge in [0.25, 0.3) is 0 Å². The third kappa shape index (κ3) is 3.01. The number of aliphatic carboxylic acids is 1. The van der Waals surface area contributed by atoms with Gasteiger partial charge in [-0.15, -0.1) is 0 Å². The van der Waals surface area contributed by atoms with E-state index in [4.69, 9.17) is 5.11 Å². The average molecular weight is 194 g/mol. The standard InChI is InChI=1S/C11H11FO2/c1-8-7-9(5-6-10(8)12)3-2-4-11(13)14/h2,4-7H,3H2,1H3,(H,13,14)/b4-2+. The Hall–Kier alpha value is -1.64. The van der Waals surface area contributed by atoms with Gasteiger partial charge in [-0.2, -0.15) is 0 Å². The van der Waals surface area contributed by atoms with Crippen LogP contribution < -0.4 is 0 Å². The SMILES string of the molecule is Cc1cc(C/C=C/C(=O)O)ccc1F. The van der Waals surface area contributed by atoms with Crippen LogP contribution in [0.5, 0.6) is 0 Å². The van der Waals surface area contributed by atoms with Gasteiger partial charge in [0.15, 0.2) is 0 Å². The van der Waals surface area contributed by atoms with Crippen LogP contribution in [0.4, 0.5) is 4.39 Å². The van der Waals surface area contributed by atoms with E-state index in [1.807, 2.05) is 0 Å². The highest BCUT2D eigenvalue weighted by Crippen LogP contribution is 2.09. The molecule has 0 aliphatic carbocycles. The minimum absolute atomic E-state index is 0.240. The number of benzene rings is 1. The summed E-state index contributed by atoms with van der Waals surface area (Å²) in [6.07, 6.45) is 3.13. The summed E-state index contributed by atoms with van der Waals surface area (Å²) in [4.78, 5) is 10.2. The van der Waals surface area contributed by atoms with E-state index >= 15 is 0 Å². The van der Waals surface area contributed by atoms with Crippen LogP contribution in [0.2, 0.25) is 0 Å². The van der Waals surface area contributed by atoms with Crippen LogP contribution in [-0.4, -0.2) is 11.1 Å². The molecule has 0 fully saturated rings. The van der Waals surface area contributed by atoms with Crippen molar-refractivity contribution in [3.05, 3.63) is 47.3 Å². The summed E-state index contributed by atoms with van der Waals surface area (Å²) in [5.41, 5.74) is 1.48. The minimum Gasteiger partial charge on any atom is -0.478 e. The second-order valence-electron chi connectivity index (χ2n) is 3.03. The van der Waals surface area contributed by atoms with Crippen LogP contribution in [0.15, 0.2) is 30.4 Å². The van der Waals surface area contributed by atoms with Crippen LogP contribution in [0, 0.1) is 12.7 Å². The number of carboxylic acid groups (broad SMARTS) is 1. The lowest BCUT2D eigenvalue weighted by Crippen LogP contribution is -1.89. The van der Waals surface area contributed by atoms with Crippen LogP contribution in [0.1, 0.15) is 11.1 Å². The molecule has 1 aromatic carbocycles. The molecule has 1 N–H and O–H groups in total. The number of allylic oxidation sites excluding steroid dienone is 1. The molecule has 0 amide bonds. The van der Waals surface area contributed by atoms with E-state index in [1.165, 1.54) is 12.1 Å². The number of carbonyl (C=O) groups is 1. The molecule has 0 radical (unpaired) electrons. The van der Waals surface area contributed by atoms with Gasteiger partial charge >= 0.3 is 5.97 Å². The van der Waals surface area contributed by atoms with Crippen molar-refractivity contribution in [3.8, 4) is 0 Å². The maximum atomic E-state index is 12.8. The Morgan fingerprint density at radius 2 is 2.29 bits per heavy atom. The molecule has 0 heterocycles. The lowest BCUT2D eigenvalue weighted by Gasteiger charge is -1.99. The molecule has 0 bridgehead atoms. The lowest BCUT2D eigenvalue weighted by atomic mass is 10.1. The summed E-state index contributed by atoms with van der Waals surface area (Å²) in [5.74, 6) is -1.21. The summed E-state index contributed by atoms with van der Waals surface area (Å²) >= 11 is 0. The highest BCUT2D eigenvalue weighted by atomic mass is 19.1. The van der Waals surface area contributed by atoms with Crippen molar-refractivity contribution < 1.29 is 14.3 Å². The maximum absolute atomic E-state index is 12.8. The monoisotopic (exact) mass is 194 g/mol. The van der Waals surface area contributed by atoms with E-state index < -0.39 is 5.97 Å². The predicted octanol–water partition coefficient (Wildman–Crippen LogP) is 2.32. The van der Waals surface area contributed by atoms with E-state index in [0.717, 1.165) is 11.6 Å². The molecule has 0 atom stereocenters. The van der Waals surface area contributed by atoms with Gasteiger partial charge in [-0.3, -0.25) is 0 Å². The number of hydrogen-bond acceptors (Lipinski definition) is 1. The Balaban J connectivity index is 2.69. The number of halogens is 1. The van der Waals surface area contributed by atoms with Crippen LogP contribution in [0.25, 0.3) is 0 Å². The van der Waals surface area contributed by atoms with Crippen molar-refractivity contribution in [1.82, 2.24) is 0 Å². The van der Waals surface area contributed by atoms with E-state index in [9.17, 15) is 9.18 Å². The normalized spacial score (nSPS) is 10.7. The quantitative estimate of drug-likeness (QED) is 0.750. The molecule has 0 aromatic heterocycles. The van der Waals surface area contributed by atoms with E-state index in [1.54, 1.807) is 19.1 Å². The van der Waals surface area contributed by atoms with Gasteiger partial charge in [0.05, 0.1) is 0 Å². The molecule has 2 nitrogen and oxygen atoms in total. The van der Waals surface area contributed by atoms with Gasteiger partial charge in [0.1, 0.15) is 5.82 Å². The van der Waals surface area contributed by atoms with Gasteiger partial charge in [0, 0.05) is 6.08 Å². The highest BCUT2D eigenvalue weighted by Gasteiger charge is 1.97. The fraction of sp³-hybridized carbons (Fsp3) is 0.182. The first kappa shape index (κ1) is 10.4. The maximum Gasteiger partial charge on any atom is 0.327 e. The number of aryl methyl sites for hydroxylation is 1. The Bertz CT molecular complexity index is 370. The third-order valence-corrected chi connectivity index (χ3v) is 1.84. The van der Waals surface area contributed by atoms with E-state index in [0.29, 0.717) is 12.0 Å². The molecule has 3 heteroatoms. The Labute approximate surface area is 81.7 Å². The molecule has 1 rings (SSSR count). The first-order valence-electron chi connectivity index (χ1n) is 4.24. The fourth-order valence-electron chi connectivity index (χ4n) is 1.13. The number of hydrogen-bond donors (Lipinski definition) is 1. The predicted molar refractivity (Wildman–Crippen MR) is 51.6 cm³/mol.